The first-order valence-electron chi connectivity index (χ1n) is 9.37. The summed E-state index contributed by atoms with van der Waals surface area (Å²) in [6, 6.07) is 3.81. The van der Waals surface area contributed by atoms with Crippen molar-refractivity contribution in [1.29, 1.82) is 0 Å². The number of aryl methyl sites for hydroxylation is 3. The molecule has 0 bridgehead atoms. The smallest absolute Gasteiger partial charge is 0.262 e. The number of halogens is 1. The lowest BCUT2D eigenvalue weighted by atomic mass is 9.89. The lowest BCUT2D eigenvalue weighted by Crippen LogP contribution is -2.21. The molecule has 0 saturated carbocycles. The molecule has 0 saturated heterocycles. The molecule has 4 rings (SSSR count). The molecule has 146 valence electrons. The molecule has 5 nitrogen and oxygen atoms in total. The summed E-state index contributed by atoms with van der Waals surface area (Å²) in [5, 5.41) is 4.34. The van der Waals surface area contributed by atoms with Crippen molar-refractivity contribution in [2.75, 3.05) is 11.9 Å². The van der Waals surface area contributed by atoms with Gasteiger partial charge in [0, 0.05) is 4.88 Å². The van der Waals surface area contributed by atoms with Gasteiger partial charge in [-0.3, -0.25) is 4.79 Å². The SMILES string of the molecule is Cc1cc(C)c(NC(=O)COc2ncnc3sc4c(c23)CCC(C)C4)c(Cl)c1. The van der Waals surface area contributed by atoms with E-state index < -0.39 is 0 Å². The normalized spacial score (nSPS) is 16.1. The Balaban J connectivity index is 1.52. The number of thiophene rings is 1. The molecule has 0 aliphatic heterocycles. The Labute approximate surface area is 173 Å². The zero-order valence-corrected chi connectivity index (χ0v) is 17.7. The van der Waals surface area contributed by atoms with Crippen LogP contribution < -0.4 is 10.1 Å². The van der Waals surface area contributed by atoms with Gasteiger partial charge in [0.2, 0.25) is 5.88 Å². The van der Waals surface area contributed by atoms with E-state index >= 15 is 0 Å². The summed E-state index contributed by atoms with van der Waals surface area (Å²) in [7, 11) is 0. The number of benzene rings is 1. The fourth-order valence-corrected chi connectivity index (χ4v) is 5.45. The molecular weight excluding hydrogens is 394 g/mol. The first-order valence-corrected chi connectivity index (χ1v) is 10.6. The minimum absolute atomic E-state index is 0.128. The predicted molar refractivity (Wildman–Crippen MR) is 114 cm³/mol. The highest BCUT2D eigenvalue weighted by atomic mass is 35.5. The molecule has 0 radical (unpaired) electrons. The van der Waals surface area contributed by atoms with Crippen molar-refractivity contribution in [2.24, 2.45) is 5.92 Å². The van der Waals surface area contributed by atoms with E-state index in [4.69, 9.17) is 16.3 Å². The van der Waals surface area contributed by atoms with Gasteiger partial charge in [-0.2, -0.15) is 0 Å². The van der Waals surface area contributed by atoms with Gasteiger partial charge < -0.3 is 10.1 Å². The van der Waals surface area contributed by atoms with Crippen LogP contribution in [0.3, 0.4) is 0 Å². The minimum Gasteiger partial charge on any atom is -0.467 e. The van der Waals surface area contributed by atoms with E-state index in [1.807, 2.05) is 26.0 Å². The monoisotopic (exact) mass is 415 g/mol. The third-order valence-electron chi connectivity index (χ3n) is 5.09. The van der Waals surface area contributed by atoms with Gasteiger partial charge in [-0.1, -0.05) is 24.6 Å². The Bertz CT molecular complexity index is 1040. The molecule has 0 fully saturated rings. The first-order chi connectivity index (χ1) is 13.4. The Morgan fingerprint density at radius 3 is 2.96 bits per heavy atom. The highest BCUT2D eigenvalue weighted by Crippen LogP contribution is 2.40. The maximum atomic E-state index is 12.4. The molecule has 1 aromatic carbocycles. The number of anilines is 1. The van der Waals surface area contributed by atoms with Crippen molar-refractivity contribution in [3.8, 4) is 5.88 Å². The van der Waals surface area contributed by atoms with Crippen molar-refractivity contribution in [3.05, 3.63) is 45.1 Å². The van der Waals surface area contributed by atoms with E-state index in [0.717, 1.165) is 40.6 Å². The molecule has 1 amide bonds. The molecule has 1 aliphatic carbocycles. The molecular formula is C21H22ClN3O2S. The molecule has 1 N–H and O–H groups in total. The summed E-state index contributed by atoms with van der Waals surface area (Å²) >= 11 is 7.99. The van der Waals surface area contributed by atoms with Gasteiger partial charge in [-0.05, 0) is 61.8 Å². The number of carbonyl (C=O) groups is 1. The summed E-state index contributed by atoms with van der Waals surface area (Å²) in [6.07, 6.45) is 4.73. The van der Waals surface area contributed by atoms with Crippen molar-refractivity contribution in [1.82, 2.24) is 9.97 Å². The molecule has 1 aliphatic rings. The van der Waals surface area contributed by atoms with E-state index in [-0.39, 0.29) is 12.5 Å². The Morgan fingerprint density at radius 1 is 1.36 bits per heavy atom. The number of hydrogen-bond acceptors (Lipinski definition) is 5. The molecule has 2 aromatic heterocycles. The second kappa shape index (κ2) is 7.68. The van der Waals surface area contributed by atoms with E-state index in [9.17, 15) is 4.79 Å². The maximum absolute atomic E-state index is 12.4. The van der Waals surface area contributed by atoms with E-state index in [1.54, 1.807) is 11.3 Å². The second-order valence-corrected chi connectivity index (χ2v) is 8.98. The van der Waals surface area contributed by atoms with Gasteiger partial charge in [0.1, 0.15) is 11.2 Å². The second-order valence-electron chi connectivity index (χ2n) is 7.49. The predicted octanol–water partition coefficient (Wildman–Crippen LogP) is 5.10. The van der Waals surface area contributed by atoms with Crippen molar-refractivity contribution >= 4 is 44.7 Å². The van der Waals surface area contributed by atoms with Crippen LogP contribution in [-0.4, -0.2) is 22.5 Å². The van der Waals surface area contributed by atoms with Crippen LogP contribution >= 0.6 is 22.9 Å². The fraction of sp³-hybridized carbons (Fsp3) is 0.381. The number of hydrogen-bond donors (Lipinski definition) is 1. The third kappa shape index (κ3) is 3.71. The van der Waals surface area contributed by atoms with Crippen LogP contribution in [0.5, 0.6) is 5.88 Å². The van der Waals surface area contributed by atoms with Crippen LogP contribution in [-0.2, 0) is 17.6 Å². The lowest BCUT2D eigenvalue weighted by molar-refractivity contribution is -0.118. The standard InChI is InChI=1S/C21H22ClN3O2S/c1-11-4-5-14-16(8-11)28-21-18(14)20(23-10-24-21)27-9-17(26)25-19-13(3)6-12(2)7-15(19)22/h6-7,10-11H,4-5,8-9H2,1-3H3,(H,25,26). The summed E-state index contributed by atoms with van der Waals surface area (Å²) in [5.74, 6) is 0.906. The topological polar surface area (TPSA) is 64.1 Å². The van der Waals surface area contributed by atoms with Crippen LogP contribution in [0, 0.1) is 19.8 Å². The molecule has 28 heavy (non-hydrogen) atoms. The Hall–Kier alpha value is -2.18. The van der Waals surface area contributed by atoms with Crippen LogP contribution in [0.2, 0.25) is 5.02 Å². The maximum Gasteiger partial charge on any atom is 0.262 e. The van der Waals surface area contributed by atoms with Gasteiger partial charge in [0.25, 0.3) is 5.91 Å². The Kier molecular flexibility index (Phi) is 5.25. The number of fused-ring (bicyclic) bond motifs is 3. The molecule has 2 heterocycles. The zero-order valence-electron chi connectivity index (χ0n) is 16.1. The van der Waals surface area contributed by atoms with Crippen molar-refractivity contribution < 1.29 is 9.53 Å². The van der Waals surface area contributed by atoms with E-state index in [2.05, 4.69) is 22.2 Å². The number of ether oxygens (including phenoxy) is 1. The Morgan fingerprint density at radius 2 is 2.18 bits per heavy atom. The highest BCUT2D eigenvalue weighted by Gasteiger charge is 2.24. The van der Waals surface area contributed by atoms with Gasteiger partial charge in [-0.25, -0.2) is 9.97 Å². The number of nitrogens with one attached hydrogen (secondary N) is 1. The van der Waals surface area contributed by atoms with E-state index in [1.165, 1.54) is 16.8 Å². The highest BCUT2D eigenvalue weighted by molar-refractivity contribution is 7.18. The first kappa shape index (κ1) is 19.2. The average molecular weight is 416 g/mol. The van der Waals surface area contributed by atoms with Crippen LogP contribution in [0.1, 0.15) is 34.9 Å². The van der Waals surface area contributed by atoms with Gasteiger partial charge in [0.05, 0.1) is 16.1 Å². The van der Waals surface area contributed by atoms with Gasteiger partial charge >= 0.3 is 0 Å². The number of carbonyl (C=O) groups excluding carboxylic acids is 1. The van der Waals surface area contributed by atoms with Crippen LogP contribution in [0.15, 0.2) is 18.5 Å². The molecule has 1 unspecified atom stereocenters. The number of nitrogens with zero attached hydrogens (tertiary/aromatic N) is 2. The van der Waals surface area contributed by atoms with E-state index in [0.29, 0.717) is 22.5 Å². The van der Waals surface area contributed by atoms with Crippen molar-refractivity contribution in [3.63, 3.8) is 0 Å². The number of aromatic nitrogens is 2. The largest absolute Gasteiger partial charge is 0.467 e. The summed E-state index contributed by atoms with van der Waals surface area (Å²) in [6.45, 7) is 6.04. The van der Waals surface area contributed by atoms with Crippen LogP contribution in [0.25, 0.3) is 10.2 Å². The molecule has 3 aromatic rings. The quantitative estimate of drug-likeness (QED) is 0.643. The van der Waals surface area contributed by atoms with Gasteiger partial charge in [-0.15, -0.1) is 11.3 Å². The average Bonchev–Trinajstić information content (AvgIpc) is 3.00. The van der Waals surface area contributed by atoms with Crippen molar-refractivity contribution in [2.45, 2.75) is 40.0 Å². The van der Waals surface area contributed by atoms with Crippen LogP contribution in [0.4, 0.5) is 5.69 Å². The number of amides is 1. The molecule has 0 spiro atoms. The third-order valence-corrected chi connectivity index (χ3v) is 6.55. The molecule has 1 atom stereocenters. The van der Waals surface area contributed by atoms with Gasteiger partial charge in [0.15, 0.2) is 6.61 Å². The summed E-state index contributed by atoms with van der Waals surface area (Å²) in [4.78, 5) is 23.5. The minimum atomic E-state index is -0.265. The number of rotatable bonds is 4. The zero-order chi connectivity index (χ0) is 19.8. The molecule has 7 heteroatoms. The lowest BCUT2D eigenvalue weighted by Gasteiger charge is -2.18. The summed E-state index contributed by atoms with van der Waals surface area (Å²) < 4.78 is 5.81. The summed E-state index contributed by atoms with van der Waals surface area (Å²) in [5.41, 5.74) is 3.88. The fourth-order valence-electron chi connectivity index (χ4n) is 3.74.